The number of carbonyl (C=O) groups is 1. The van der Waals surface area contributed by atoms with Crippen LogP contribution in [0, 0.1) is 11.8 Å². The van der Waals surface area contributed by atoms with E-state index in [0.717, 1.165) is 24.2 Å². The Kier molecular flexibility index (Phi) is 4.08. The normalized spacial score (nSPS) is 29.3. The number of alkyl halides is 3. The second-order valence-corrected chi connectivity index (χ2v) is 5.72. The van der Waals surface area contributed by atoms with E-state index in [1.165, 1.54) is 0 Å². The lowest BCUT2D eigenvalue weighted by Crippen LogP contribution is -2.50. The molecule has 1 aliphatic carbocycles. The predicted octanol–water partition coefficient (Wildman–Crippen LogP) is 2.60. The first-order valence-electron chi connectivity index (χ1n) is 6.78. The van der Waals surface area contributed by atoms with Crippen molar-refractivity contribution in [2.45, 2.75) is 51.4 Å². The Balaban J connectivity index is 2.09. The highest BCUT2D eigenvalue weighted by Gasteiger charge is 2.44. The van der Waals surface area contributed by atoms with Gasteiger partial charge in [-0.1, -0.05) is 6.92 Å². The summed E-state index contributed by atoms with van der Waals surface area (Å²) in [5, 5.41) is 0. The van der Waals surface area contributed by atoms with E-state index in [-0.39, 0.29) is 17.9 Å². The Hall–Kier alpha value is -0.780. The van der Waals surface area contributed by atoms with Crippen molar-refractivity contribution >= 4 is 5.91 Å². The number of ether oxygens (including phenoxy) is 1. The van der Waals surface area contributed by atoms with Gasteiger partial charge in [0.05, 0.1) is 0 Å². The lowest BCUT2D eigenvalue weighted by Gasteiger charge is -2.33. The van der Waals surface area contributed by atoms with Gasteiger partial charge >= 0.3 is 6.18 Å². The first-order chi connectivity index (χ1) is 8.79. The average Bonchev–Trinajstić information content (AvgIpc) is 3.06. The Morgan fingerprint density at radius 3 is 2.42 bits per heavy atom. The minimum atomic E-state index is -4.36. The van der Waals surface area contributed by atoms with Crippen LogP contribution >= 0.6 is 0 Å². The number of hydrogen-bond acceptors (Lipinski definition) is 2. The van der Waals surface area contributed by atoms with Gasteiger partial charge in [-0.15, -0.1) is 0 Å². The van der Waals surface area contributed by atoms with Crippen molar-refractivity contribution in [2.75, 3.05) is 13.2 Å². The van der Waals surface area contributed by atoms with E-state index in [9.17, 15) is 18.0 Å². The zero-order valence-corrected chi connectivity index (χ0v) is 11.2. The molecule has 0 N–H and O–H groups in total. The van der Waals surface area contributed by atoms with Gasteiger partial charge in [0.15, 0.2) is 0 Å². The third-order valence-electron chi connectivity index (χ3n) is 4.06. The van der Waals surface area contributed by atoms with Crippen molar-refractivity contribution in [2.24, 2.45) is 11.8 Å². The summed E-state index contributed by atoms with van der Waals surface area (Å²) in [4.78, 5) is 13.3. The lowest BCUT2D eigenvalue weighted by molar-refractivity contribution is -0.172. The maximum atomic E-state index is 12.7. The van der Waals surface area contributed by atoms with Crippen molar-refractivity contribution in [3.05, 3.63) is 0 Å². The van der Waals surface area contributed by atoms with Crippen LogP contribution < -0.4 is 0 Å². The number of amides is 1. The van der Waals surface area contributed by atoms with Crippen LogP contribution in [0.4, 0.5) is 13.2 Å². The smallest absolute Gasteiger partial charge is 0.368 e. The second kappa shape index (κ2) is 5.31. The molecule has 1 saturated heterocycles. The standard InChI is InChI=1S/C13H20F3NO2/c1-8-5-6-19-11(8)12(18)17(7-13(14,15)16)9(2)10-3-4-10/h8-11H,3-7H2,1-2H3. The molecule has 1 amide bonds. The molecule has 2 aliphatic rings. The molecule has 0 spiro atoms. The molecule has 19 heavy (non-hydrogen) atoms. The van der Waals surface area contributed by atoms with E-state index < -0.39 is 24.7 Å². The summed E-state index contributed by atoms with van der Waals surface area (Å²) in [5.74, 6) is -0.292. The van der Waals surface area contributed by atoms with Crippen molar-refractivity contribution in [3.63, 3.8) is 0 Å². The van der Waals surface area contributed by atoms with Crippen LogP contribution in [0.25, 0.3) is 0 Å². The van der Waals surface area contributed by atoms with Crippen LogP contribution in [0.5, 0.6) is 0 Å². The van der Waals surface area contributed by atoms with E-state index >= 15 is 0 Å². The molecule has 3 atom stereocenters. The van der Waals surface area contributed by atoms with Crippen molar-refractivity contribution in [1.29, 1.82) is 0 Å². The van der Waals surface area contributed by atoms with Gasteiger partial charge in [0.1, 0.15) is 12.6 Å². The predicted molar refractivity (Wildman–Crippen MR) is 63.5 cm³/mol. The van der Waals surface area contributed by atoms with E-state index in [0.29, 0.717) is 6.61 Å². The third kappa shape index (κ3) is 3.61. The molecular formula is C13H20F3NO2. The van der Waals surface area contributed by atoms with Gasteiger partial charge in [-0.25, -0.2) is 0 Å². The van der Waals surface area contributed by atoms with Gasteiger partial charge in [-0.3, -0.25) is 4.79 Å². The van der Waals surface area contributed by atoms with E-state index in [4.69, 9.17) is 4.74 Å². The first kappa shape index (κ1) is 14.6. The molecular weight excluding hydrogens is 259 g/mol. The fourth-order valence-electron chi connectivity index (χ4n) is 2.62. The quantitative estimate of drug-likeness (QED) is 0.791. The van der Waals surface area contributed by atoms with Crippen LogP contribution in [-0.2, 0) is 9.53 Å². The Labute approximate surface area is 111 Å². The monoisotopic (exact) mass is 279 g/mol. The summed E-state index contributed by atoms with van der Waals surface area (Å²) < 4.78 is 43.3. The number of nitrogens with zero attached hydrogens (tertiary/aromatic N) is 1. The van der Waals surface area contributed by atoms with Crippen LogP contribution in [0.1, 0.15) is 33.1 Å². The summed E-state index contributed by atoms with van der Waals surface area (Å²) in [6.45, 7) is 2.84. The summed E-state index contributed by atoms with van der Waals surface area (Å²) in [5.41, 5.74) is 0. The van der Waals surface area contributed by atoms with Gasteiger partial charge in [-0.2, -0.15) is 13.2 Å². The van der Waals surface area contributed by atoms with Gasteiger partial charge < -0.3 is 9.64 Å². The van der Waals surface area contributed by atoms with Gasteiger partial charge in [0, 0.05) is 12.6 Å². The van der Waals surface area contributed by atoms with Crippen molar-refractivity contribution < 1.29 is 22.7 Å². The summed E-state index contributed by atoms with van der Waals surface area (Å²) in [6, 6.07) is -0.356. The molecule has 2 fully saturated rings. The Morgan fingerprint density at radius 1 is 1.37 bits per heavy atom. The molecule has 2 rings (SSSR count). The molecule has 0 radical (unpaired) electrons. The molecule has 6 heteroatoms. The minimum Gasteiger partial charge on any atom is -0.368 e. The molecule has 0 aromatic carbocycles. The summed E-state index contributed by atoms with van der Waals surface area (Å²) in [6.07, 6.45) is -2.52. The largest absolute Gasteiger partial charge is 0.406 e. The average molecular weight is 279 g/mol. The number of hydrogen-bond donors (Lipinski definition) is 0. The van der Waals surface area contributed by atoms with Gasteiger partial charge in [0.2, 0.25) is 0 Å². The van der Waals surface area contributed by atoms with E-state index in [1.54, 1.807) is 6.92 Å². The second-order valence-electron chi connectivity index (χ2n) is 5.72. The molecule has 1 aliphatic heterocycles. The van der Waals surface area contributed by atoms with E-state index in [2.05, 4.69) is 0 Å². The highest BCUT2D eigenvalue weighted by molar-refractivity contribution is 5.82. The molecule has 110 valence electrons. The highest BCUT2D eigenvalue weighted by Crippen LogP contribution is 2.37. The SMILES string of the molecule is CC1CCOC1C(=O)N(CC(F)(F)F)C(C)C1CC1. The van der Waals surface area contributed by atoms with Gasteiger partial charge in [-0.05, 0) is 38.0 Å². The van der Waals surface area contributed by atoms with E-state index in [1.807, 2.05) is 6.92 Å². The number of halogens is 3. The number of rotatable bonds is 4. The first-order valence-corrected chi connectivity index (χ1v) is 6.78. The minimum absolute atomic E-state index is 0.00497. The van der Waals surface area contributed by atoms with Crippen LogP contribution in [0.2, 0.25) is 0 Å². The van der Waals surface area contributed by atoms with Crippen LogP contribution in [0.15, 0.2) is 0 Å². The molecule has 0 bridgehead atoms. The zero-order valence-electron chi connectivity index (χ0n) is 11.2. The fourth-order valence-corrected chi connectivity index (χ4v) is 2.62. The third-order valence-corrected chi connectivity index (χ3v) is 4.06. The fraction of sp³-hybridized carbons (Fsp3) is 0.923. The number of carbonyl (C=O) groups excluding carboxylic acids is 1. The molecule has 1 saturated carbocycles. The van der Waals surface area contributed by atoms with Gasteiger partial charge in [0.25, 0.3) is 5.91 Å². The highest BCUT2D eigenvalue weighted by atomic mass is 19.4. The molecule has 0 aromatic heterocycles. The Morgan fingerprint density at radius 2 is 2.00 bits per heavy atom. The Bertz CT molecular complexity index is 341. The topological polar surface area (TPSA) is 29.5 Å². The maximum Gasteiger partial charge on any atom is 0.406 e. The summed E-state index contributed by atoms with van der Waals surface area (Å²) in [7, 11) is 0. The van der Waals surface area contributed by atoms with Crippen LogP contribution in [0.3, 0.4) is 0 Å². The van der Waals surface area contributed by atoms with Crippen molar-refractivity contribution in [1.82, 2.24) is 4.90 Å². The van der Waals surface area contributed by atoms with Crippen molar-refractivity contribution in [3.8, 4) is 0 Å². The zero-order chi connectivity index (χ0) is 14.2. The molecule has 3 nitrogen and oxygen atoms in total. The lowest BCUT2D eigenvalue weighted by atomic mass is 10.0. The van der Waals surface area contributed by atoms with Crippen LogP contribution in [-0.4, -0.2) is 42.3 Å². The summed E-state index contributed by atoms with van der Waals surface area (Å²) >= 11 is 0. The molecule has 0 aromatic rings. The molecule has 3 unspecified atom stereocenters. The maximum absolute atomic E-state index is 12.7. The molecule has 1 heterocycles.